The minimum atomic E-state index is -0.818. The molecule has 2 aromatic rings. The summed E-state index contributed by atoms with van der Waals surface area (Å²) in [6.07, 6.45) is 1.48. The second-order valence-corrected chi connectivity index (χ2v) is 6.32. The Balaban J connectivity index is 1.58. The van der Waals surface area contributed by atoms with E-state index in [0.717, 1.165) is 12.1 Å². The van der Waals surface area contributed by atoms with Crippen molar-refractivity contribution in [3.8, 4) is 0 Å². The second kappa shape index (κ2) is 8.75. The summed E-state index contributed by atoms with van der Waals surface area (Å²) in [7, 11) is 1.49. The van der Waals surface area contributed by atoms with Crippen LogP contribution in [-0.2, 0) is 9.53 Å². The zero-order valence-electron chi connectivity index (χ0n) is 15.3. The molecule has 0 spiro atoms. The van der Waals surface area contributed by atoms with E-state index in [2.05, 4.69) is 10.3 Å². The van der Waals surface area contributed by atoms with Crippen LogP contribution in [0.3, 0.4) is 0 Å². The van der Waals surface area contributed by atoms with Crippen LogP contribution >= 0.6 is 0 Å². The van der Waals surface area contributed by atoms with E-state index in [9.17, 15) is 18.4 Å². The normalized spacial score (nSPS) is 14.1. The van der Waals surface area contributed by atoms with E-state index in [1.54, 1.807) is 17.0 Å². The quantitative estimate of drug-likeness (QED) is 0.844. The fourth-order valence-electron chi connectivity index (χ4n) is 2.93. The van der Waals surface area contributed by atoms with E-state index in [0.29, 0.717) is 43.8 Å². The molecule has 3 rings (SSSR count). The molecule has 9 heteroatoms. The number of carbonyl (C=O) groups excluding carboxylic acids is 2. The van der Waals surface area contributed by atoms with Crippen LogP contribution in [0.15, 0.2) is 36.5 Å². The molecule has 0 aliphatic carbocycles. The lowest BCUT2D eigenvalue weighted by atomic mass is 10.2. The van der Waals surface area contributed by atoms with Gasteiger partial charge in [-0.3, -0.25) is 9.59 Å². The Morgan fingerprint density at radius 1 is 1.11 bits per heavy atom. The third-order valence-corrected chi connectivity index (χ3v) is 4.35. The number of halogens is 2. The van der Waals surface area contributed by atoms with Crippen molar-refractivity contribution in [2.24, 2.45) is 0 Å². The summed E-state index contributed by atoms with van der Waals surface area (Å²) in [4.78, 5) is 32.1. The van der Waals surface area contributed by atoms with Crippen LogP contribution in [0, 0.1) is 11.6 Å². The van der Waals surface area contributed by atoms with Gasteiger partial charge in [0.25, 0.3) is 5.91 Å². The number of amides is 2. The maximum absolute atomic E-state index is 13.2. The number of aromatic nitrogens is 1. The van der Waals surface area contributed by atoms with Crippen LogP contribution in [-0.4, -0.2) is 61.6 Å². The van der Waals surface area contributed by atoms with Gasteiger partial charge in [-0.05, 0) is 24.3 Å². The third kappa shape index (κ3) is 4.80. The van der Waals surface area contributed by atoms with Crippen LogP contribution in [0.1, 0.15) is 10.4 Å². The lowest BCUT2D eigenvalue weighted by molar-refractivity contribution is -0.135. The number of hydrogen-bond donors (Lipinski definition) is 1. The maximum atomic E-state index is 13.2. The van der Waals surface area contributed by atoms with Crippen LogP contribution in [0.25, 0.3) is 0 Å². The molecule has 2 heterocycles. The average Bonchev–Trinajstić information content (AvgIpc) is 2.68. The number of nitrogens with zero attached hydrogens (tertiary/aromatic N) is 3. The fraction of sp³-hybridized carbons (Fsp3) is 0.316. The number of hydrogen-bond acceptors (Lipinski definition) is 5. The molecule has 28 heavy (non-hydrogen) atoms. The van der Waals surface area contributed by atoms with E-state index < -0.39 is 17.5 Å². The predicted molar refractivity (Wildman–Crippen MR) is 99.2 cm³/mol. The average molecular weight is 390 g/mol. The number of anilines is 2. The smallest absolute Gasteiger partial charge is 0.255 e. The Kier molecular flexibility index (Phi) is 6.15. The zero-order chi connectivity index (χ0) is 20.1. The molecule has 0 unspecified atom stereocenters. The van der Waals surface area contributed by atoms with Gasteiger partial charge in [-0.15, -0.1) is 0 Å². The van der Waals surface area contributed by atoms with Gasteiger partial charge in [0.15, 0.2) is 0 Å². The molecule has 0 saturated carbocycles. The van der Waals surface area contributed by atoms with Crippen LogP contribution in [0.5, 0.6) is 0 Å². The summed E-state index contributed by atoms with van der Waals surface area (Å²) in [5.41, 5.74) is 0.297. The van der Waals surface area contributed by atoms with Gasteiger partial charge in [-0.25, -0.2) is 13.8 Å². The number of pyridine rings is 1. The summed E-state index contributed by atoms with van der Waals surface area (Å²) < 4.78 is 31.3. The Morgan fingerprint density at radius 2 is 1.79 bits per heavy atom. The van der Waals surface area contributed by atoms with Crippen LogP contribution < -0.4 is 10.2 Å². The number of carbonyl (C=O) groups is 2. The van der Waals surface area contributed by atoms with E-state index in [1.165, 1.54) is 13.3 Å². The molecule has 1 aromatic carbocycles. The molecule has 0 bridgehead atoms. The summed E-state index contributed by atoms with van der Waals surface area (Å²) in [5, 5.41) is 2.56. The maximum Gasteiger partial charge on any atom is 0.255 e. The number of piperazine rings is 1. The standard InChI is InChI=1S/C19H20F2N4O3/c1-28-12-18(26)25-6-4-24(5-7-25)17-3-2-16(11-22-17)23-19(27)13-8-14(20)10-15(21)9-13/h2-3,8-11H,4-7,12H2,1H3,(H,23,27). The number of methoxy groups -OCH3 is 1. The van der Waals surface area contributed by atoms with E-state index in [1.807, 2.05) is 4.90 Å². The van der Waals surface area contributed by atoms with Crippen molar-refractivity contribution in [2.75, 3.05) is 50.1 Å². The molecular weight excluding hydrogens is 370 g/mol. The van der Waals surface area contributed by atoms with Gasteiger partial charge in [0.2, 0.25) is 5.91 Å². The second-order valence-electron chi connectivity index (χ2n) is 6.32. The Morgan fingerprint density at radius 3 is 2.36 bits per heavy atom. The predicted octanol–water partition coefficient (Wildman–Crippen LogP) is 1.91. The highest BCUT2D eigenvalue weighted by Gasteiger charge is 2.21. The molecule has 1 N–H and O–H groups in total. The first-order valence-electron chi connectivity index (χ1n) is 8.71. The van der Waals surface area contributed by atoms with Gasteiger partial charge in [0, 0.05) is 44.9 Å². The van der Waals surface area contributed by atoms with Gasteiger partial charge in [0.1, 0.15) is 24.1 Å². The van der Waals surface area contributed by atoms with Gasteiger partial charge >= 0.3 is 0 Å². The Hall–Kier alpha value is -3.07. The number of ether oxygens (including phenoxy) is 1. The van der Waals surface area contributed by atoms with Crippen molar-refractivity contribution < 1.29 is 23.1 Å². The molecule has 2 amide bonds. The highest BCUT2D eigenvalue weighted by atomic mass is 19.1. The van der Waals surface area contributed by atoms with Crippen LogP contribution in [0.4, 0.5) is 20.3 Å². The first kappa shape index (κ1) is 19.7. The van der Waals surface area contributed by atoms with Gasteiger partial charge in [-0.1, -0.05) is 0 Å². The van der Waals surface area contributed by atoms with Crippen molar-refractivity contribution in [3.63, 3.8) is 0 Å². The number of rotatable bonds is 5. The molecule has 1 aliphatic heterocycles. The molecule has 1 saturated heterocycles. The fourth-order valence-corrected chi connectivity index (χ4v) is 2.93. The van der Waals surface area contributed by atoms with E-state index in [-0.39, 0.29) is 18.1 Å². The lowest BCUT2D eigenvalue weighted by Crippen LogP contribution is -2.49. The van der Waals surface area contributed by atoms with Gasteiger partial charge < -0.3 is 19.9 Å². The first-order chi connectivity index (χ1) is 13.5. The molecule has 148 valence electrons. The highest BCUT2D eigenvalue weighted by Crippen LogP contribution is 2.17. The molecule has 1 aromatic heterocycles. The molecule has 1 fully saturated rings. The first-order valence-corrected chi connectivity index (χ1v) is 8.71. The molecule has 1 aliphatic rings. The van der Waals surface area contributed by atoms with Crippen molar-refractivity contribution in [2.45, 2.75) is 0 Å². The largest absolute Gasteiger partial charge is 0.375 e. The zero-order valence-corrected chi connectivity index (χ0v) is 15.3. The molecule has 7 nitrogen and oxygen atoms in total. The molecule has 0 atom stereocenters. The van der Waals surface area contributed by atoms with E-state index in [4.69, 9.17) is 4.74 Å². The van der Waals surface area contributed by atoms with Crippen molar-refractivity contribution in [3.05, 3.63) is 53.7 Å². The summed E-state index contributed by atoms with van der Waals surface area (Å²) in [6, 6.07) is 6.04. The third-order valence-electron chi connectivity index (χ3n) is 4.35. The lowest BCUT2D eigenvalue weighted by Gasteiger charge is -2.35. The Bertz CT molecular complexity index is 833. The topological polar surface area (TPSA) is 74.8 Å². The van der Waals surface area contributed by atoms with Crippen molar-refractivity contribution in [1.82, 2.24) is 9.88 Å². The summed E-state index contributed by atoms with van der Waals surface area (Å²) in [5.74, 6) is -1.59. The monoisotopic (exact) mass is 390 g/mol. The van der Waals surface area contributed by atoms with E-state index >= 15 is 0 Å². The summed E-state index contributed by atoms with van der Waals surface area (Å²) >= 11 is 0. The van der Waals surface area contributed by atoms with Crippen LogP contribution in [0.2, 0.25) is 0 Å². The minimum absolute atomic E-state index is 0.0399. The van der Waals surface area contributed by atoms with Crippen molar-refractivity contribution >= 4 is 23.3 Å². The van der Waals surface area contributed by atoms with Crippen molar-refractivity contribution in [1.29, 1.82) is 0 Å². The number of nitrogens with one attached hydrogen (secondary N) is 1. The van der Waals surface area contributed by atoms with Gasteiger partial charge in [-0.2, -0.15) is 0 Å². The Labute approximate surface area is 160 Å². The highest BCUT2D eigenvalue weighted by molar-refractivity contribution is 6.04. The number of benzene rings is 1. The SMILES string of the molecule is COCC(=O)N1CCN(c2ccc(NC(=O)c3cc(F)cc(F)c3)cn2)CC1. The van der Waals surface area contributed by atoms with Gasteiger partial charge in [0.05, 0.1) is 11.9 Å². The minimum Gasteiger partial charge on any atom is -0.375 e. The molecular formula is C19H20F2N4O3. The summed E-state index contributed by atoms with van der Waals surface area (Å²) in [6.45, 7) is 2.50. The molecule has 0 radical (unpaired) electrons.